The van der Waals surface area contributed by atoms with Crippen LogP contribution in [0.3, 0.4) is 0 Å². The van der Waals surface area contributed by atoms with Gasteiger partial charge in [0.1, 0.15) is 0 Å². The second kappa shape index (κ2) is 9.69. The average molecular weight is 393 g/mol. The fraction of sp³-hybridized carbons (Fsp3) is 0.667. The normalized spacial score (nSPS) is 20.1. The van der Waals surface area contributed by atoms with Gasteiger partial charge in [-0.15, -0.1) is 0 Å². The molecule has 2 saturated heterocycles. The van der Waals surface area contributed by atoms with Gasteiger partial charge in [-0.3, -0.25) is 4.79 Å². The van der Waals surface area contributed by atoms with Gasteiger partial charge in [0.05, 0.1) is 4.90 Å². The van der Waals surface area contributed by atoms with Crippen molar-refractivity contribution in [2.24, 2.45) is 0 Å². The highest BCUT2D eigenvalue weighted by Crippen LogP contribution is 2.21. The van der Waals surface area contributed by atoms with E-state index in [2.05, 4.69) is 0 Å². The smallest absolute Gasteiger partial charge is 0.243 e. The van der Waals surface area contributed by atoms with Crippen molar-refractivity contribution in [2.45, 2.75) is 69.1 Å². The molecule has 0 radical (unpaired) electrons. The molecule has 150 valence electrons. The molecule has 2 heterocycles. The number of aryl methyl sites for hydroxylation is 1. The molecule has 1 aromatic rings. The first-order chi connectivity index (χ1) is 13.1. The molecule has 2 fully saturated rings. The number of carbonyl (C=O) groups is 1. The molecule has 0 saturated carbocycles. The van der Waals surface area contributed by atoms with E-state index in [-0.39, 0.29) is 5.91 Å². The second-order valence-corrected chi connectivity index (χ2v) is 9.70. The van der Waals surface area contributed by atoms with Gasteiger partial charge in [-0.2, -0.15) is 4.31 Å². The molecular formula is C21H32N2O3S. The SMILES string of the molecule is O=C(CCc1ccc(S(=O)(=O)N2CCCCCC2)cc1)N1CCCCCC1. The topological polar surface area (TPSA) is 57.7 Å². The monoisotopic (exact) mass is 392 g/mol. The number of benzene rings is 1. The summed E-state index contributed by atoms with van der Waals surface area (Å²) in [4.78, 5) is 14.8. The van der Waals surface area contributed by atoms with Crippen molar-refractivity contribution >= 4 is 15.9 Å². The number of hydrogen-bond acceptors (Lipinski definition) is 3. The van der Waals surface area contributed by atoms with Crippen LogP contribution in [0.1, 0.15) is 63.4 Å². The lowest BCUT2D eigenvalue weighted by Crippen LogP contribution is -2.32. The lowest BCUT2D eigenvalue weighted by Gasteiger charge is -2.21. The molecule has 2 aliphatic heterocycles. The van der Waals surface area contributed by atoms with Crippen LogP contribution in [0.2, 0.25) is 0 Å². The number of sulfonamides is 1. The van der Waals surface area contributed by atoms with Gasteiger partial charge in [-0.1, -0.05) is 37.8 Å². The van der Waals surface area contributed by atoms with Crippen molar-refractivity contribution in [3.8, 4) is 0 Å². The van der Waals surface area contributed by atoms with E-state index in [4.69, 9.17) is 0 Å². The van der Waals surface area contributed by atoms with E-state index in [0.717, 1.165) is 57.2 Å². The van der Waals surface area contributed by atoms with Crippen LogP contribution in [-0.2, 0) is 21.2 Å². The van der Waals surface area contributed by atoms with E-state index in [9.17, 15) is 13.2 Å². The average Bonchev–Trinajstić information content (AvgIpc) is 3.12. The van der Waals surface area contributed by atoms with Gasteiger partial charge in [0.25, 0.3) is 0 Å². The summed E-state index contributed by atoms with van der Waals surface area (Å²) in [6.07, 6.45) is 9.91. The molecule has 2 aliphatic rings. The predicted molar refractivity (Wildman–Crippen MR) is 107 cm³/mol. The Morgan fingerprint density at radius 3 is 1.85 bits per heavy atom. The summed E-state index contributed by atoms with van der Waals surface area (Å²) >= 11 is 0. The molecule has 0 N–H and O–H groups in total. The van der Waals surface area contributed by atoms with Crippen LogP contribution in [0.5, 0.6) is 0 Å². The van der Waals surface area contributed by atoms with Crippen LogP contribution >= 0.6 is 0 Å². The number of likely N-dealkylation sites (tertiary alicyclic amines) is 1. The summed E-state index contributed by atoms with van der Waals surface area (Å²) < 4.78 is 27.3. The summed E-state index contributed by atoms with van der Waals surface area (Å²) in [5.41, 5.74) is 1.02. The van der Waals surface area contributed by atoms with Gasteiger partial charge >= 0.3 is 0 Å². The highest BCUT2D eigenvalue weighted by molar-refractivity contribution is 7.89. The maximum atomic E-state index is 12.8. The third-order valence-corrected chi connectivity index (χ3v) is 7.63. The van der Waals surface area contributed by atoms with E-state index < -0.39 is 10.0 Å². The van der Waals surface area contributed by atoms with Crippen LogP contribution in [-0.4, -0.2) is 49.7 Å². The summed E-state index contributed by atoms with van der Waals surface area (Å²) in [6, 6.07) is 7.12. The van der Waals surface area contributed by atoms with Crippen molar-refractivity contribution in [1.82, 2.24) is 9.21 Å². The minimum Gasteiger partial charge on any atom is -0.343 e. The van der Waals surface area contributed by atoms with E-state index in [1.165, 1.54) is 12.8 Å². The molecule has 0 aliphatic carbocycles. The Kier molecular flexibility index (Phi) is 7.30. The Morgan fingerprint density at radius 1 is 0.778 bits per heavy atom. The molecule has 5 nitrogen and oxygen atoms in total. The Morgan fingerprint density at radius 2 is 1.30 bits per heavy atom. The molecule has 6 heteroatoms. The minimum atomic E-state index is -3.40. The molecule has 0 bridgehead atoms. The van der Waals surface area contributed by atoms with Gasteiger partial charge in [-0.05, 0) is 49.8 Å². The fourth-order valence-electron chi connectivity index (χ4n) is 3.99. The zero-order valence-corrected chi connectivity index (χ0v) is 17.1. The number of hydrogen-bond donors (Lipinski definition) is 0. The number of rotatable bonds is 5. The molecule has 1 aromatic carbocycles. The van der Waals surface area contributed by atoms with Crippen molar-refractivity contribution in [3.05, 3.63) is 29.8 Å². The molecule has 0 atom stereocenters. The first-order valence-electron chi connectivity index (χ1n) is 10.4. The Labute approximate surface area is 163 Å². The summed E-state index contributed by atoms with van der Waals surface area (Å²) in [6.45, 7) is 3.00. The molecule has 3 rings (SSSR count). The van der Waals surface area contributed by atoms with Crippen molar-refractivity contribution in [1.29, 1.82) is 0 Å². The van der Waals surface area contributed by atoms with E-state index in [1.807, 2.05) is 17.0 Å². The maximum absolute atomic E-state index is 12.8. The fourth-order valence-corrected chi connectivity index (χ4v) is 5.51. The van der Waals surface area contributed by atoms with E-state index >= 15 is 0 Å². The largest absolute Gasteiger partial charge is 0.343 e. The van der Waals surface area contributed by atoms with Crippen molar-refractivity contribution in [3.63, 3.8) is 0 Å². The summed E-state index contributed by atoms with van der Waals surface area (Å²) in [5.74, 6) is 0.221. The number of amides is 1. The number of nitrogens with zero attached hydrogens (tertiary/aromatic N) is 2. The molecular weight excluding hydrogens is 360 g/mol. The van der Waals surface area contributed by atoms with Crippen LogP contribution in [0.25, 0.3) is 0 Å². The molecule has 0 aromatic heterocycles. The Bertz CT molecular complexity index is 699. The van der Waals surface area contributed by atoms with Gasteiger partial charge in [-0.25, -0.2) is 8.42 Å². The predicted octanol–water partition coefficient (Wildman–Crippen LogP) is 3.59. The first kappa shape index (κ1) is 20.3. The molecule has 0 spiro atoms. The standard InChI is InChI=1S/C21H32N2O3S/c24-21(22-15-5-1-2-6-16-22)14-11-19-9-12-20(13-10-19)27(25,26)23-17-7-3-4-8-18-23/h9-10,12-13H,1-8,11,14-18H2. The third kappa shape index (κ3) is 5.55. The quantitative estimate of drug-likeness (QED) is 0.769. The van der Waals surface area contributed by atoms with Gasteiger partial charge in [0, 0.05) is 32.6 Å². The molecule has 0 unspecified atom stereocenters. The zero-order valence-electron chi connectivity index (χ0n) is 16.2. The van der Waals surface area contributed by atoms with Crippen molar-refractivity contribution in [2.75, 3.05) is 26.2 Å². The summed E-state index contributed by atoms with van der Waals surface area (Å²) in [7, 11) is -3.40. The summed E-state index contributed by atoms with van der Waals surface area (Å²) in [5, 5.41) is 0. The van der Waals surface area contributed by atoms with Crippen molar-refractivity contribution < 1.29 is 13.2 Å². The van der Waals surface area contributed by atoms with Crippen LogP contribution < -0.4 is 0 Å². The highest BCUT2D eigenvalue weighted by Gasteiger charge is 2.25. The van der Waals surface area contributed by atoms with Gasteiger partial charge < -0.3 is 4.90 Å². The maximum Gasteiger partial charge on any atom is 0.243 e. The van der Waals surface area contributed by atoms with Gasteiger partial charge in [0.15, 0.2) is 0 Å². The highest BCUT2D eigenvalue weighted by atomic mass is 32.2. The minimum absolute atomic E-state index is 0.221. The molecule has 27 heavy (non-hydrogen) atoms. The lowest BCUT2D eigenvalue weighted by atomic mass is 10.1. The van der Waals surface area contributed by atoms with Gasteiger partial charge in [0.2, 0.25) is 15.9 Å². The van der Waals surface area contributed by atoms with Crippen LogP contribution in [0.15, 0.2) is 29.2 Å². The third-order valence-electron chi connectivity index (χ3n) is 5.71. The lowest BCUT2D eigenvalue weighted by molar-refractivity contribution is -0.131. The Hall–Kier alpha value is -1.40. The van der Waals surface area contributed by atoms with Crippen LogP contribution in [0, 0.1) is 0 Å². The zero-order chi connectivity index (χ0) is 19.1. The second-order valence-electron chi connectivity index (χ2n) is 7.76. The van der Waals surface area contributed by atoms with E-state index in [1.54, 1.807) is 16.4 Å². The Balaban J connectivity index is 1.57. The first-order valence-corrected chi connectivity index (χ1v) is 11.9. The molecule has 1 amide bonds. The van der Waals surface area contributed by atoms with E-state index in [0.29, 0.717) is 30.8 Å². The number of carbonyl (C=O) groups excluding carboxylic acids is 1. The van der Waals surface area contributed by atoms with Crippen LogP contribution in [0.4, 0.5) is 0 Å².